The Bertz CT molecular complexity index is 221. The fourth-order valence-corrected chi connectivity index (χ4v) is 1.96. The highest BCUT2D eigenvalue weighted by Crippen LogP contribution is 2.37. The number of carbonyl (C=O) groups excluding carboxylic acids is 1. The van der Waals surface area contributed by atoms with E-state index in [4.69, 9.17) is 4.74 Å². The first-order chi connectivity index (χ1) is 7.62. The van der Waals surface area contributed by atoms with Crippen molar-refractivity contribution in [1.82, 2.24) is 5.32 Å². The molecule has 0 aromatic rings. The third kappa shape index (κ3) is 3.76. The quantitative estimate of drug-likeness (QED) is 0.690. The van der Waals surface area contributed by atoms with Crippen LogP contribution in [-0.2, 0) is 9.53 Å². The fourth-order valence-electron chi connectivity index (χ4n) is 1.96. The summed E-state index contributed by atoms with van der Waals surface area (Å²) in [5, 5.41) is 12.2. The van der Waals surface area contributed by atoms with Crippen LogP contribution in [0.4, 0.5) is 0 Å². The number of rotatable bonds is 7. The SMILES string of the molecule is CCC(O)CCNC(=O)CC1(OC)CCC1. The second kappa shape index (κ2) is 6.21. The molecule has 16 heavy (non-hydrogen) atoms. The number of methoxy groups -OCH3 is 1. The monoisotopic (exact) mass is 229 g/mol. The number of ether oxygens (including phenoxy) is 1. The number of aliphatic hydroxyl groups is 1. The van der Waals surface area contributed by atoms with E-state index in [-0.39, 0.29) is 17.6 Å². The first-order valence-electron chi connectivity index (χ1n) is 6.12. The van der Waals surface area contributed by atoms with Gasteiger partial charge in [-0.2, -0.15) is 0 Å². The maximum absolute atomic E-state index is 11.6. The van der Waals surface area contributed by atoms with Crippen LogP contribution in [0.5, 0.6) is 0 Å². The minimum atomic E-state index is -0.305. The summed E-state index contributed by atoms with van der Waals surface area (Å²) in [5.74, 6) is 0.0323. The Hall–Kier alpha value is -0.610. The van der Waals surface area contributed by atoms with Gasteiger partial charge < -0.3 is 15.2 Å². The largest absolute Gasteiger partial charge is 0.393 e. The lowest BCUT2D eigenvalue weighted by Gasteiger charge is -2.39. The van der Waals surface area contributed by atoms with Gasteiger partial charge in [0.05, 0.1) is 18.1 Å². The first-order valence-corrected chi connectivity index (χ1v) is 6.12. The second-order valence-electron chi connectivity index (χ2n) is 4.62. The van der Waals surface area contributed by atoms with Gasteiger partial charge in [0.2, 0.25) is 5.91 Å². The van der Waals surface area contributed by atoms with Gasteiger partial charge in [0.1, 0.15) is 0 Å². The van der Waals surface area contributed by atoms with Gasteiger partial charge >= 0.3 is 0 Å². The minimum Gasteiger partial charge on any atom is -0.393 e. The van der Waals surface area contributed by atoms with E-state index in [1.54, 1.807) is 7.11 Å². The number of amides is 1. The van der Waals surface area contributed by atoms with Crippen LogP contribution in [0.15, 0.2) is 0 Å². The van der Waals surface area contributed by atoms with E-state index in [0.717, 1.165) is 25.7 Å². The molecule has 0 spiro atoms. The lowest BCUT2D eigenvalue weighted by atomic mass is 9.77. The van der Waals surface area contributed by atoms with Crippen molar-refractivity contribution >= 4 is 5.91 Å². The minimum absolute atomic E-state index is 0.0323. The van der Waals surface area contributed by atoms with Gasteiger partial charge in [-0.15, -0.1) is 0 Å². The Labute approximate surface area is 97.4 Å². The number of hydrogen-bond donors (Lipinski definition) is 2. The summed E-state index contributed by atoms with van der Waals surface area (Å²) in [7, 11) is 1.67. The summed E-state index contributed by atoms with van der Waals surface area (Å²) in [6.07, 6.45) is 4.62. The van der Waals surface area contributed by atoms with Gasteiger partial charge in [-0.1, -0.05) is 6.92 Å². The molecule has 1 fully saturated rings. The molecule has 94 valence electrons. The zero-order valence-electron chi connectivity index (χ0n) is 10.3. The predicted molar refractivity (Wildman–Crippen MR) is 62.1 cm³/mol. The summed E-state index contributed by atoms with van der Waals surface area (Å²) >= 11 is 0. The molecule has 1 atom stereocenters. The molecule has 0 heterocycles. The highest BCUT2D eigenvalue weighted by Gasteiger charge is 2.38. The van der Waals surface area contributed by atoms with E-state index in [1.165, 1.54) is 0 Å². The molecule has 4 heteroatoms. The summed E-state index contributed by atoms with van der Waals surface area (Å²) in [5.41, 5.74) is -0.201. The van der Waals surface area contributed by atoms with Crippen LogP contribution in [-0.4, -0.2) is 36.4 Å². The Morgan fingerprint density at radius 2 is 2.25 bits per heavy atom. The Morgan fingerprint density at radius 1 is 1.56 bits per heavy atom. The van der Waals surface area contributed by atoms with Gasteiger partial charge in [-0.25, -0.2) is 0 Å². The zero-order valence-corrected chi connectivity index (χ0v) is 10.3. The van der Waals surface area contributed by atoms with Crippen molar-refractivity contribution in [3.63, 3.8) is 0 Å². The van der Waals surface area contributed by atoms with Gasteiger partial charge in [0.25, 0.3) is 0 Å². The van der Waals surface area contributed by atoms with Gasteiger partial charge in [-0.3, -0.25) is 4.79 Å². The average Bonchev–Trinajstić information content (AvgIpc) is 2.23. The molecule has 0 aromatic carbocycles. The van der Waals surface area contributed by atoms with E-state index in [2.05, 4.69) is 5.32 Å². The Morgan fingerprint density at radius 3 is 2.69 bits per heavy atom. The van der Waals surface area contributed by atoms with Crippen LogP contribution in [0, 0.1) is 0 Å². The molecule has 1 unspecified atom stereocenters. The molecule has 0 saturated heterocycles. The van der Waals surface area contributed by atoms with Crippen molar-refractivity contribution < 1.29 is 14.6 Å². The van der Waals surface area contributed by atoms with E-state index in [0.29, 0.717) is 19.4 Å². The lowest BCUT2D eigenvalue weighted by Crippen LogP contribution is -2.44. The van der Waals surface area contributed by atoms with Crippen LogP contribution in [0.2, 0.25) is 0 Å². The predicted octanol–water partition coefficient (Wildman–Crippen LogP) is 1.22. The molecular weight excluding hydrogens is 206 g/mol. The van der Waals surface area contributed by atoms with Crippen molar-refractivity contribution in [3.8, 4) is 0 Å². The van der Waals surface area contributed by atoms with Crippen LogP contribution < -0.4 is 5.32 Å². The molecule has 1 saturated carbocycles. The van der Waals surface area contributed by atoms with Crippen molar-refractivity contribution in [2.75, 3.05) is 13.7 Å². The van der Waals surface area contributed by atoms with Gasteiger partial charge in [-0.05, 0) is 32.1 Å². The number of carbonyl (C=O) groups is 1. The maximum atomic E-state index is 11.6. The fraction of sp³-hybridized carbons (Fsp3) is 0.917. The normalized spacial score (nSPS) is 19.9. The molecule has 1 rings (SSSR count). The van der Waals surface area contributed by atoms with E-state index in [1.807, 2.05) is 6.92 Å². The highest BCUT2D eigenvalue weighted by molar-refractivity contribution is 5.77. The molecule has 1 aliphatic rings. The number of hydrogen-bond acceptors (Lipinski definition) is 3. The third-order valence-electron chi connectivity index (χ3n) is 3.45. The molecule has 0 aliphatic heterocycles. The second-order valence-corrected chi connectivity index (χ2v) is 4.62. The Balaban J connectivity index is 2.15. The van der Waals surface area contributed by atoms with Crippen molar-refractivity contribution in [1.29, 1.82) is 0 Å². The van der Waals surface area contributed by atoms with Gasteiger partial charge in [0, 0.05) is 13.7 Å². The first kappa shape index (κ1) is 13.5. The standard InChI is InChI=1S/C12H23NO3/c1-3-10(14)5-8-13-11(15)9-12(16-2)6-4-7-12/h10,14H,3-9H2,1-2H3,(H,13,15). The van der Waals surface area contributed by atoms with E-state index in [9.17, 15) is 9.90 Å². The molecule has 0 aromatic heterocycles. The van der Waals surface area contributed by atoms with Crippen LogP contribution in [0.3, 0.4) is 0 Å². The summed E-state index contributed by atoms with van der Waals surface area (Å²) in [6.45, 7) is 2.48. The number of nitrogens with one attached hydrogen (secondary N) is 1. The van der Waals surface area contributed by atoms with Crippen LogP contribution >= 0.6 is 0 Å². The molecule has 4 nitrogen and oxygen atoms in total. The number of aliphatic hydroxyl groups excluding tert-OH is 1. The topological polar surface area (TPSA) is 58.6 Å². The average molecular weight is 229 g/mol. The highest BCUT2D eigenvalue weighted by atomic mass is 16.5. The molecule has 0 bridgehead atoms. The Kier molecular flexibility index (Phi) is 5.22. The van der Waals surface area contributed by atoms with Crippen molar-refractivity contribution in [2.45, 2.75) is 57.2 Å². The van der Waals surface area contributed by atoms with Gasteiger partial charge in [0.15, 0.2) is 0 Å². The molecule has 0 radical (unpaired) electrons. The van der Waals surface area contributed by atoms with Crippen LogP contribution in [0.25, 0.3) is 0 Å². The van der Waals surface area contributed by atoms with E-state index < -0.39 is 0 Å². The molecule has 1 amide bonds. The molecule has 2 N–H and O–H groups in total. The smallest absolute Gasteiger partial charge is 0.222 e. The maximum Gasteiger partial charge on any atom is 0.222 e. The molecular formula is C12H23NO3. The lowest BCUT2D eigenvalue weighted by molar-refractivity contribution is -0.134. The van der Waals surface area contributed by atoms with Crippen LogP contribution in [0.1, 0.15) is 45.4 Å². The van der Waals surface area contributed by atoms with Crippen molar-refractivity contribution in [2.24, 2.45) is 0 Å². The summed E-state index contributed by atoms with van der Waals surface area (Å²) in [6, 6.07) is 0. The zero-order chi connectivity index (χ0) is 12.0. The molecule has 1 aliphatic carbocycles. The summed E-state index contributed by atoms with van der Waals surface area (Å²) in [4.78, 5) is 11.6. The summed E-state index contributed by atoms with van der Waals surface area (Å²) < 4.78 is 5.38. The van der Waals surface area contributed by atoms with E-state index >= 15 is 0 Å². The third-order valence-corrected chi connectivity index (χ3v) is 3.45. The van der Waals surface area contributed by atoms with Crippen molar-refractivity contribution in [3.05, 3.63) is 0 Å².